The first-order valence-electron chi connectivity index (χ1n) is 10.4. The van der Waals surface area contributed by atoms with E-state index in [1.165, 1.54) is 0 Å². The zero-order valence-electron chi connectivity index (χ0n) is 17.8. The summed E-state index contributed by atoms with van der Waals surface area (Å²) in [6, 6.07) is 0. The van der Waals surface area contributed by atoms with Gasteiger partial charge in [0, 0.05) is 46.4 Å². The predicted molar refractivity (Wildman–Crippen MR) is 108 cm³/mol. The molecule has 2 saturated heterocycles. The highest BCUT2D eigenvalue weighted by Crippen LogP contribution is 2.19. The van der Waals surface area contributed by atoms with E-state index in [2.05, 4.69) is 22.1 Å². The summed E-state index contributed by atoms with van der Waals surface area (Å²) in [6.07, 6.45) is 4.41. The molecule has 7 heteroatoms. The zero-order chi connectivity index (χ0) is 19.9. The van der Waals surface area contributed by atoms with Crippen LogP contribution in [0, 0.1) is 5.92 Å². The van der Waals surface area contributed by atoms with Crippen LogP contribution < -0.4 is 5.32 Å². The summed E-state index contributed by atoms with van der Waals surface area (Å²) >= 11 is 0. The average molecular weight is 383 g/mol. The van der Waals surface area contributed by atoms with Crippen LogP contribution in [0.3, 0.4) is 0 Å². The maximum atomic E-state index is 12.3. The summed E-state index contributed by atoms with van der Waals surface area (Å²) in [7, 11) is 1.84. The third-order valence-corrected chi connectivity index (χ3v) is 5.08. The second kappa shape index (κ2) is 10.2. The quantitative estimate of drug-likeness (QED) is 0.598. The molecule has 1 atom stereocenters. The summed E-state index contributed by atoms with van der Waals surface area (Å²) < 4.78 is 11.3. The smallest absolute Gasteiger partial charge is 0.410 e. The van der Waals surface area contributed by atoms with Gasteiger partial charge in [-0.3, -0.25) is 4.99 Å². The molecular formula is C20H38N4O3. The van der Waals surface area contributed by atoms with Crippen molar-refractivity contribution in [1.82, 2.24) is 15.1 Å². The lowest BCUT2D eigenvalue weighted by molar-refractivity contribution is 0.0167. The van der Waals surface area contributed by atoms with Crippen LogP contribution in [-0.4, -0.2) is 79.9 Å². The topological polar surface area (TPSA) is 66.4 Å². The fraction of sp³-hybridized carbons (Fsp3) is 0.900. The van der Waals surface area contributed by atoms with E-state index < -0.39 is 5.60 Å². The van der Waals surface area contributed by atoms with Gasteiger partial charge < -0.3 is 24.6 Å². The van der Waals surface area contributed by atoms with Gasteiger partial charge in [-0.2, -0.15) is 0 Å². The monoisotopic (exact) mass is 382 g/mol. The number of ether oxygens (including phenoxy) is 2. The maximum Gasteiger partial charge on any atom is 0.410 e. The largest absolute Gasteiger partial charge is 0.444 e. The Balaban J connectivity index is 1.78. The van der Waals surface area contributed by atoms with E-state index in [1.807, 2.05) is 32.7 Å². The summed E-state index contributed by atoms with van der Waals surface area (Å²) in [5, 5.41) is 3.52. The van der Waals surface area contributed by atoms with Gasteiger partial charge in [0.05, 0.1) is 6.10 Å². The lowest BCUT2D eigenvalue weighted by atomic mass is 9.98. The first kappa shape index (κ1) is 21.8. The Hall–Kier alpha value is -1.50. The maximum absolute atomic E-state index is 12.3. The number of piperidine rings is 2. The molecule has 2 heterocycles. The van der Waals surface area contributed by atoms with E-state index >= 15 is 0 Å². The normalized spacial score (nSPS) is 22.7. The Bertz CT molecular complexity index is 496. The second-order valence-corrected chi connectivity index (χ2v) is 8.50. The first-order chi connectivity index (χ1) is 12.8. The van der Waals surface area contributed by atoms with Crippen LogP contribution in [-0.2, 0) is 9.47 Å². The van der Waals surface area contributed by atoms with Crippen LogP contribution in [0.2, 0.25) is 0 Å². The molecule has 0 spiro atoms. The van der Waals surface area contributed by atoms with Gasteiger partial charge in [0.15, 0.2) is 5.96 Å². The molecule has 0 aromatic heterocycles. The minimum Gasteiger partial charge on any atom is -0.444 e. The highest BCUT2D eigenvalue weighted by molar-refractivity contribution is 5.80. The van der Waals surface area contributed by atoms with Crippen molar-refractivity contribution in [3.05, 3.63) is 0 Å². The van der Waals surface area contributed by atoms with Crippen LogP contribution in [0.25, 0.3) is 0 Å². The van der Waals surface area contributed by atoms with Crippen molar-refractivity contribution >= 4 is 12.1 Å². The Labute approximate surface area is 164 Å². The van der Waals surface area contributed by atoms with Gasteiger partial charge in [-0.05, 0) is 59.3 Å². The third-order valence-electron chi connectivity index (χ3n) is 5.08. The fourth-order valence-electron chi connectivity index (χ4n) is 3.76. The minimum atomic E-state index is -0.447. The molecular weight excluding hydrogens is 344 g/mol. The number of likely N-dealkylation sites (tertiary alicyclic amines) is 2. The molecule has 156 valence electrons. The molecule has 2 aliphatic rings. The van der Waals surface area contributed by atoms with E-state index in [4.69, 9.17) is 9.47 Å². The summed E-state index contributed by atoms with van der Waals surface area (Å²) in [5.41, 5.74) is -0.447. The van der Waals surface area contributed by atoms with E-state index in [0.29, 0.717) is 12.0 Å². The number of hydrogen-bond acceptors (Lipinski definition) is 4. The predicted octanol–water partition coefficient (Wildman–Crippen LogP) is 2.71. The number of carbonyl (C=O) groups is 1. The SMILES string of the molecule is CCOC1CCN(C(=NC)NCC2CCCN(C(=O)OC(C)(C)C)C2)CC1. The lowest BCUT2D eigenvalue weighted by Crippen LogP contribution is -2.50. The van der Waals surface area contributed by atoms with Gasteiger partial charge in [0.1, 0.15) is 5.60 Å². The molecule has 1 N–H and O–H groups in total. The van der Waals surface area contributed by atoms with Crippen molar-refractivity contribution < 1.29 is 14.3 Å². The summed E-state index contributed by atoms with van der Waals surface area (Å²) in [6.45, 7) is 12.9. The van der Waals surface area contributed by atoms with Crippen LogP contribution in [0.15, 0.2) is 4.99 Å². The number of nitrogens with one attached hydrogen (secondary N) is 1. The molecule has 0 bridgehead atoms. The third kappa shape index (κ3) is 7.20. The number of rotatable bonds is 4. The molecule has 2 aliphatic heterocycles. The van der Waals surface area contributed by atoms with Gasteiger partial charge in [-0.15, -0.1) is 0 Å². The lowest BCUT2D eigenvalue weighted by Gasteiger charge is -2.36. The highest BCUT2D eigenvalue weighted by Gasteiger charge is 2.28. The molecule has 0 radical (unpaired) electrons. The minimum absolute atomic E-state index is 0.199. The van der Waals surface area contributed by atoms with Crippen molar-refractivity contribution in [2.75, 3.05) is 46.4 Å². The molecule has 1 amide bonds. The molecule has 7 nitrogen and oxygen atoms in total. The summed E-state index contributed by atoms with van der Waals surface area (Å²) in [4.78, 5) is 20.9. The van der Waals surface area contributed by atoms with Crippen molar-refractivity contribution in [2.45, 2.75) is 65.1 Å². The van der Waals surface area contributed by atoms with Crippen molar-refractivity contribution in [1.29, 1.82) is 0 Å². The Morgan fingerprint density at radius 1 is 1.15 bits per heavy atom. The van der Waals surface area contributed by atoms with Crippen LogP contribution in [0.4, 0.5) is 4.79 Å². The van der Waals surface area contributed by atoms with Gasteiger partial charge >= 0.3 is 6.09 Å². The number of nitrogens with zero attached hydrogens (tertiary/aromatic N) is 3. The zero-order valence-corrected chi connectivity index (χ0v) is 17.8. The molecule has 0 saturated carbocycles. The molecule has 27 heavy (non-hydrogen) atoms. The van der Waals surface area contributed by atoms with Gasteiger partial charge in [0.2, 0.25) is 0 Å². The van der Waals surface area contributed by atoms with Gasteiger partial charge in [-0.25, -0.2) is 4.79 Å². The van der Waals surface area contributed by atoms with Crippen molar-refractivity contribution in [3.8, 4) is 0 Å². The second-order valence-electron chi connectivity index (χ2n) is 8.50. The van der Waals surface area contributed by atoms with E-state index in [-0.39, 0.29) is 6.09 Å². The van der Waals surface area contributed by atoms with Crippen LogP contribution in [0.1, 0.15) is 53.4 Å². The molecule has 0 aromatic rings. The Kier molecular flexibility index (Phi) is 8.20. The highest BCUT2D eigenvalue weighted by atomic mass is 16.6. The number of aliphatic imine (C=N–C) groups is 1. The van der Waals surface area contributed by atoms with E-state index in [0.717, 1.165) is 71.0 Å². The average Bonchev–Trinajstić information content (AvgIpc) is 2.62. The van der Waals surface area contributed by atoms with Crippen molar-refractivity contribution in [2.24, 2.45) is 10.9 Å². The van der Waals surface area contributed by atoms with Gasteiger partial charge in [-0.1, -0.05) is 0 Å². The number of carbonyl (C=O) groups excluding carboxylic acids is 1. The van der Waals surface area contributed by atoms with Crippen molar-refractivity contribution in [3.63, 3.8) is 0 Å². The number of amides is 1. The molecule has 0 aliphatic carbocycles. The Morgan fingerprint density at radius 2 is 1.85 bits per heavy atom. The fourth-order valence-corrected chi connectivity index (χ4v) is 3.76. The van der Waals surface area contributed by atoms with Gasteiger partial charge in [0.25, 0.3) is 0 Å². The van der Waals surface area contributed by atoms with Crippen LogP contribution >= 0.6 is 0 Å². The summed E-state index contributed by atoms with van der Waals surface area (Å²) in [5.74, 6) is 1.38. The number of guanidine groups is 1. The number of hydrogen-bond donors (Lipinski definition) is 1. The van der Waals surface area contributed by atoms with E-state index in [9.17, 15) is 4.79 Å². The molecule has 2 rings (SSSR count). The van der Waals surface area contributed by atoms with Crippen LogP contribution in [0.5, 0.6) is 0 Å². The molecule has 0 aromatic carbocycles. The van der Waals surface area contributed by atoms with E-state index in [1.54, 1.807) is 0 Å². The molecule has 2 fully saturated rings. The standard InChI is InChI=1S/C20H38N4O3/c1-6-26-17-9-12-23(13-10-17)18(21-5)22-14-16-8-7-11-24(15-16)19(25)27-20(2,3)4/h16-17H,6-15H2,1-5H3,(H,21,22). The Morgan fingerprint density at radius 3 is 2.44 bits per heavy atom. The molecule has 1 unspecified atom stereocenters. The first-order valence-corrected chi connectivity index (χ1v) is 10.4.